The van der Waals surface area contributed by atoms with Gasteiger partial charge in [-0.1, -0.05) is 0 Å². The third kappa shape index (κ3) is 3.45. The van der Waals surface area contributed by atoms with Gasteiger partial charge in [-0.2, -0.15) is 0 Å². The van der Waals surface area contributed by atoms with E-state index in [1.807, 2.05) is 24.4 Å². The molecule has 0 aliphatic rings. The van der Waals surface area contributed by atoms with Crippen molar-refractivity contribution in [3.8, 4) is 11.5 Å². The number of aromatic nitrogens is 1. The van der Waals surface area contributed by atoms with Gasteiger partial charge in [0.15, 0.2) is 0 Å². The number of benzene rings is 1. The van der Waals surface area contributed by atoms with Crippen molar-refractivity contribution in [1.29, 1.82) is 0 Å². The molecule has 1 heterocycles. The highest BCUT2D eigenvalue weighted by atomic mass is 32.1. The molecule has 0 aliphatic heterocycles. The first-order valence-corrected chi connectivity index (χ1v) is 6.88. The van der Waals surface area contributed by atoms with E-state index >= 15 is 0 Å². The van der Waals surface area contributed by atoms with Gasteiger partial charge in [0.05, 0.1) is 23.9 Å². The standard InChI is InChI=1S/C14H17NO3S/c1-9(16)13-5-4-12(17-3)6-14(13)18-7-11-8-19-10(2)15-11/h4-6,8-9,16H,7H2,1-3H3/t9-/m1/s1. The summed E-state index contributed by atoms with van der Waals surface area (Å²) in [5.41, 5.74) is 1.63. The first-order valence-electron chi connectivity index (χ1n) is 6.00. The van der Waals surface area contributed by atoms with Crippen molar-refractivity contribution in [2.45, 2.75) is 26.6 Å². The van der Waals surface area contributed by atoms with E-state index in [-0.39, 0.29) is 0 Å². The minimum Gasteiger partial charge on any atom is -0.497 e. The van der Waals surface area contributed by atoms with Crippen LogP contribution in [-0.2, 0) is 6.61 Å². The number of thiazole rings is 1. The maximum Gasteiger partial charge on any atom is 0.131 e. The van der Waals surface area contributed by atoms with Crippen LogP contribution in [0.15, 0.2) is 23.6 Å². The summed E-state index contributed by atoms with van der Waals surface area (Å²) in [6, 6.07) is 5.40. The third-order valence-corrected chi connectivity index (χ3v) is 3.54. The van der Waals surface area contributed by atoms with Gasteiger partial charge in [0, 0.05) is 17.0 Å². The fraction of sp³-hybridized carbons (Fsp3) is 0.357. The summed E-state index contributed by atoms with van der Waals surface area (Å²) in [7, 11) is 1.60. The lowest BCUT2D eigenvalue weighted by atomic mass is 10.1. The predicted octanol–water partition coefficient (Wildman–Crippen LogP) is 3.09. The fourth-order valence-electron chi connectivity index (χ4n) is 1.74. The lowest BCUT2D eigenvalue weighted by Crippen LogP contribution is -2.02. The monoisotopic (exact) mass is 279 g/mol. The topological polar surface area (TPSA) is 51.6 Å². The summed E-state index contributed by atoms with van der Waals surface area (Å²) < 4.78 is 10.9. The maximum absolute atomic E-state index is 9.74. The maximum atomic E-state index is 9.74. The average molecular weight is 279 g/mol. The van der Waals surface area contributed by atoms with Crippen LogP contribution in [0.3, 0.4) is 0 Å². The van der Waals surface area contributed by atoms with Gasteiger partial charge in [-0.3, -0.25) is 0 Å². The van der Waals surface area contributed by atoms with E-state index in [0.717, 1.165) is 16.3 Å². The van der Waals surface area contributed by atoms with E-state index in [2.05, 4.69) is 4.98 Å². The molecule has 0 fully saturated rings. The highest BCUT2D eigenvalue weighted by Gasteiger charge is 2.11. The van der Waals surface area contributed by atoms with Crippen LogP contribution in [0.5, 0.6) is 11.5 Å². The van der Waals surface area contributed by atoms with E-state index < -0.39 is 6.10 Å². The largest absolute Gasteiger partial charge is 0.497 e. The van der Waals surface area contributed by atoms with Crippen LogP contribution in [0.4, 0.5) is 0 Å². The molecule has 0 saturated heterocycles. The minimum absolute atomic E-state index is 0.386. The van der Waals surface area contributed by atoms with Crippen molar-refractivity contribution >= 4 is 11.3 Å². The number of hydrogen-bond donors (Lipinski definition) is 1. The van der Waals surface area contributed by atoms with Crippen LogP contribution in [0, 0.1) is 6.92 Å². The third-order valence-electron chi connectivity index (χ3n) is 2.71. The Bertz CT molecular complexity index is 551. The molecule has 102 valence electrons. The molecule has 2 rings (SSSR count). The summed E-state index contributed by atoms with van der Waals surface area (Å²) in [5.74, 6) is 1.33. The SMILES string of the molecule is COc1ccc([C@@H](C)O)c(OCc2csc(C)n2)c1. The van der Waals surface area contributed by atoms with E-state index in [0.29, 0.717) is 18.1 Å². The number of aliphatic hydroxyl groups excluding tert-OH is 1. The number of aryl methyl sites for hydroxylation is 1. The first kappa shape index (κ1) is 13.8. The minimum atomic E-state index is -0.585. The molecule has 1 N–H and O–H groups in total. The summed E-state index contributed by atoms with van der Waals surface area (Å²) in [6.45, 7) is 4.06. The van der Waals surface area contributed by atoms with Gasteiger partial charge in [0.1, 0.15) is 18.1 Å². The zero-order chi connectivity index (χ0) is 13.8. The molecular formula is C14H17NO3S. The highest BCUT2D eigenvalue weighted by Crippen LogP contribution is 2.30. The molecule has 0 radical (unpaired) electrons. The van der Waals surface area contributed by atoms with Gasteiger partial charge in [-0.05, 0) is 26.0 Å². The van der Waals surface area contributed by atoms with Crippen LogP contribution in [0.25, 0.3) is 0 Å². The summed E-state index contributed by atoms with van der Waals surface area (Å²) in [5, 5.41) is 12.7. The second kappa shape index (κ2) is 6.04. The second-order valence-corrected chi connectivity index (χ2v) is 5.29. The van der Waals surface area contributed by atoms with Crippen molar-refractivity contribution in [1.82, 2.24) is 4.98 Å². The van der Waals surface area contributed by atoms with Crippen LogP contribution in [-0.4, -0.2) is 17.2 Å². The Morgan fingerprint density at radius 3 is 2.79 bits per heavy atom. The summed E-state index contributed by atoms with van der Waals surface area (Å²) in [4.78, 5) is 4.34. The number of nitrogens with zero attached hydrogens (tertiary/aromatic N) is 1. The Labute approximate surface area is 116 Å². The Kier molecular flexibility index (Phi) is 4.39. The molecular weight excluding hydrogens is 262 g/mol. The summed E-state index contributed by atoms with van der Waals surface area (Å²) in [6.07, 6.45) is -0.585. The van der Waals surface area contributed by atoms with Crippen LogP contribution in [0.1, 0.15) is 29.3 Å². The molecule has 0 aliphatic carbocycles. The van der Waals surface area contributed by atoms with Crippen molar-refractivity contribution in [2.24, 2.45) is 0 Å². The van der Waals surface area contributed by atoms with Gasteiger partial charge in [-0.25, -0.2) is 4.98 Å². The van der Waals surface area contributed by atoms with Crippen molar-refractivity contribution in [3.05, 3.63) is 39.8 Å². The molecule has 1 aromatic heterocycles. The Morgan fingerprint density at radius 1 is 1.42 bits per heavy atom. The highest BCUT2D eigenvalue weighted by molar-refractivity contribution is 7.09. The number of ether oxygens (including phenoxy) is 2. The molecule has 5 heteroatoms. The normalized spacial score (nSPS) is 12.2. The van der Waals surface area contributed by atoms with Gasteiger partial charge >= 0.3 is 0 Å². The molecule has 1 atom stereocenters. The molecule has 4 nitrogen and oxygen atoms in total. The Morgan fingerprint density at radius 2 is 2.21 bits per heavy atom. The lowest BCUT2D eigenvalue weighted by Gasteiger charge is -2.14. The van der Waals surface area contributed by atoms with Crippen LogP contribution in [0.2, 0.25) is 0 Å². The zero-order valence-corrected chi connectivity index (χ0v) is 12.0. The van der Waals surface area contributed by atoms with Crippen molar-refractivity contribution in [2.75, 3.05) is 7.11 Å². The van der Waals surface area contributed by atoms with Gasteiger partial charge in [0.2, 0.25) is 0 Å². The molecule has 0 spiro atoms. The molecule has 19 heavy (non-hydrogen) atoms. The van der Waals surface area contributed by atoms with E-state index in [9.17, 15) is 5.11 Å². The molecule has 0 unspecified atom stereocenters. The van der Waals surface area contributed by atoms with Gasteiger partial charge in [-0.15, -0.1) is 11.3 Å². The molecule has 1 aromatic carbocycles. The zero-order valence-electron chi connectivity index (χ0n) is 11.2. The van der Waals surface area contributed by atoms with E-state index in [1.165, 1.54) is 0 Å². The van der Waals surface area contributed by atoms with Crippen molar-refractivity contribution < 1.29 is 14.6 Å². The first-order chi connectivity index (χ1) is 9.10. The molecule has 0 amide bonds. The predicted molar refractivity (Wildman–Crippen MR) is 74.8 cm³/mol. The Hall–Kier alpha value is -1.59. The molecule has 0 saturated carbocycles. The molecule has 0 bridgehead atoms. The number of aliphatic hydroxyl groups is 1. The number of methoxy groups -OCH3 is 1. The quantitative estimate of drug-likeness (QED) is 0.913. The average Bonchev–Trinajstić information content (AvgIpc) is 2.81. The van der Waals surface area contributed by atoms with Crippen LogP contribution >= 0.6 is 11.3 Å². The van der Waals surface area contributed by atoms with Crippen LogP contribution < -0.4 is 9.47 Å². The van der Waals surface area contributed by atoms with E-state index in [4.69, 9.17) is 9.47 Å². The van der Waals surface area contributed by atoms with Gasteiger partial charge in [0.25, 0.3) is 0 Å². The Balaban J connectivity index is 2.17. The smallest absolute Gasteiger partial charge is 0.131 e. The summed E-state index contributed by atoms with van der Waals surface area (Å²) >= 11 is 1.59. The molecule has 2 aromatic rings. The van der Waals surface area contributed by atoms with E-state index in [1.54, 1.807) is 31.4 Å². The number of rotatable bonds is 5. The van der Waals surface area contributed by atoms with Gasteiger partial charge < -0.3 is 14.6 Å². The lowest BCUT2D eigenvalue weighted by molar-refractivity contribution is 0.189. The second-order valence-electron chi connectivity index (χ2n) is 4.23. The van der Waals surface area contributed by atoms with Crippen molar-refractivity contribution in [3.63, 3.8) is 0 Å². The fourth-order valence-corrected chi connectivity index (χ4v) is 2.34. The number of hydrogen-bond acceptors (Lipinski definition) is 5.